The maximum atomic E-state index is 5.84. The molecule has 0 aromatic heterocycles. The number of rotatable bonds is 4. The van der Waals surface area contributed by atoms with Crippen LogP contribution < -0.4 is 11.5 Å². The molecule has 1 rings (SSSR count). The number of anilines is 2. The van der Waals surface area contributed by atoms with Gasteiger partial charge in [0, 0.05) is 11.4 Å². The highest BCUT2D eigenvalue weighted by molar-refractivity contribution is 5.56. The van der Waals surface area contributed by atoms with Gasteiger partial charge in [-0.25, -0.2) is 0 Å². The van der Waals surface area contributed by atoms with Crippen molar-refractivity contribution in [1.29, 1.82) is 0 Å². The molecule has 0 aliphatic carbocycles. The lowest BCUT2D eigenvalue weighted by Gasteiger charge is -2.05. The molecule has 0 unspecified atom stereocenters. The normalized spacial score (nSPS) is 10.9. The molecule has 0 aliphatic rings. The maximum Gasteiger partial charge on any atom is 0.0367 e. The number of aryl methyl sites for hydroxylation is 1. The minimum atomic E-state index is 0.736. The molecular formula is C12H18N2. The smallest absolute Gasteiger partial charge is 0.0367 e. The molecule has 1 aromatic carbocycles. The van der Waals surface area contributed by atoms with E-state index in [2.05, 4.69) is 12.2 Å². The summed E-state index contributed by atoms with van der Waals surface area (Å²) >= 11 is 0. The molecule has 0 heterocycles. The SMILES string of the molecule is CC=CCCCc1ccc(N)cc1N. The van der Waals surface area contributed by atoms with E-state index >= 15 is 0 Å². The third kappa shape index (κ3) is 3.13. The van der Waals surface area contributed by atoms with Gasteiger partial charge in [-0.1, -0.05) is 18.2 Å². The van der Waals surface area contributed by atoms with E-state index in [9.17, 15) is 0 Å². The third-order valence-electron chi connectivity index (χ3n) is 2.22. The van der Waals surface area contributed by atoms with Crippen molar-refractivity contribution in [3.63, 3.8) is 0 Å². The van der Waals surface area contributed by atoms with E-state index < -0.39 is 0 Å². The molecule has 1 aromatic rings. The van der Waals surface area contributed by atoms with Crippen molar-refractivity contribution >= 4 is 11.4 Å². The molecule has 0 radical (unpaired) electrons. The fourth-order valence-electron chi connectivity index (χ4n) is 1.42. The van der Waals surface area contributed by atoms with Crippen LogP contribution in [0.3, 0.4) is 0 Å². The largest absolute Gasteiger partial charge is 0.399 e. The molecule has 2 heteroatoms. The van der Waals surface area contributed by atoms with Gasteiger partial charge in [-0.2, -0.15) is 0 Å². The highest BCUT2D eigenvalue weighted by Crippen LogP contribution is 2.17. The highest BCUT2D eigenvalue weighted by Gasteiger charge is 1.98. The van der Waals surface area contributed by atoms with E-state index in [1.807, 2.05) is 25.1 Å². The van der Waals surface area contributed by atoms with Gasteiger partial charge in [0.1, 0.15) is 0 Å². The van der Waals surface area contributed by atoms with Gasteiger partial charge in [0.2, 0.25) is 0 Å². The van der Waals surface area contributed by atoms with Gasteiger partial charge in [-0.15, -0.1) is 0 Å². The lowest BCUT2D eigenvalue weighted by molar-refractivity contribution is 0.844. The van der Waals surface area contributed by atoms with Crippen LogP contribution in [0.25, 0.3) is 0 Å². The summed E-state index contributed by atoms with van der Waals surface area (Å²) in [7, 11) is 0. The van der Waals surface area contributed by atoms with Gasteiger partial charge >= 0.3 is 0 Å². The van der Waals surface area contributed by atoms with Crippen molar-refractivity contribution in [3.05, 3.63) is 35.9 Å². The summed E-state index contributed by atoms with van der Waals surface area (Å²) in [5, 5.41) is 0. The fourth-order valence-corrected chi connectivity index (χ4v) is 1.42. The molecule has 0 atom stereocenters. The van der Waals surface area contributed by atoms with Gasteiger partial charge in [0.05, 0.1) is 0 Å². The van der Waals surface area contributed by atoms with Crippen LogP contribution in [-0.4, -0.2) is 0 Å². The first-order valence-electron chi connectivity index (χ1n) is 4.99. The van der Waals surface area contributed by atoms with Crippen LogP contribution in [0, 0.1) is 0 Å². The number of hydrogen-bond donors (Lipinski definition) is 2. The van der Waals surface area contributed by atoms with E-state index in [1.54, 1.807) is 0 Å². The highest BCUT2D eigenvalue weighted by atomic mass is 14.6. The Morgan fingerprint density at radius 2 is 2.07 bits per heavy atom. The van der Waals surface area contributed by atoms with Crippen molar-refractivity contribution in [2.45, 2.75) is 26.2 Å². The van der Waals surface area contributed by atoms with Crippen LogP contribution >= 0.6 is 0 Å². The lowest BCUT2D eigenvalue weighted by Crippen LogP contribution is -1.96. The number of allylic oxidation sites excluding steroid dienone is 2. The van der Waals surface area contributed by atoms with Crippen LogP contribution in [0.5, 0.6) is 0 Å². The van der Waals surface area contributed by atoms with Crippen LogP contribution in [0.4, 0.5) is 11.4 Å². The van der Waals surface area contributed by atoms with E-state index in [0.717, 1.165) is 30.6 Å². The first kappa shape index (κ1) is 10.6. The van der Waals surface area contributed by atoms with Gasteiger partial charge < -0.3 is 11.5 Å². The zero-order valence-electron chi connectivity index (χ0n) is 8.66. The predicted octanol–water partition coefficient (Wildman–Crippen LogP) is 2.75. The second-order valence-electron chi connectivity index (χ2n) is 3.42. The van der Waals surface area contributed by atoms with Gasteiger partial charge in [-0.05, 0) is 43.9 Å². The summed E-state index contributed by atoms with van der Waals surface area (Å²) in [4.78, 5) is 0. The minimum absolute atomic E-state index is 0.736. The number of unbranched alkanes of at least 4 members (excludes halogenated alkanes) is 1. The zero-order chi connectivity index (χ0) is 10.4. The third-order valence-corrected chi connectivity index (χ3v) is 2.22. The summed E-state index contributed by atoms with van der Waals surface area (Å²) < 4.78 is 0. The van der Waals surface area contributed by atoms with E-state index in [0.29, 0.717) is 0 Å². The van der Waals surface area contributed by atoms with Gasteiger partial charge in [-0.3, -0.25) is 0 Å². The Labute approximate surface area is 85.6 Å². The molecular weight excluding hydrogens is 172 g/mol. The minimum Gasteiger partial charge on any atom is -0.399 e. The molecule has 76 valence electrons. The molecule has 14 heavy (non-hydrogen) atoms. The monoisotopic (exact) mass is 190 g/mol. The quantitative estimate of drug-likeness (QED) is 0.436. The Kier molecular flexibility index (Phi) is 4.05. The first-order valence-corrected chi connectivity index (χ1v) is 4.99. The zero-order valence-corrected chi connectivity index (χ0v) is 8.66. The van der Waals surface area contributed by atoms with Crippen LogP contribution in [0.2, 0.25) is 0 Å². The van der Waals surface area contributed by atoms with Crippen LogP contribution in [0.1, 0.15) is 25.3 Å². The molecule has 4 N–H and O–H groups in total. The molecule has 0 saturated carbocycles. The number of hydrogen-bond acceptors (Lipinski definition) is 2. The Balaban J connectivity index is 2.50. The van der Waals surface area contributed by atoms with Gasteiger partial charge in [0.15, 0.2) is 0 Å². The molecule has 0 spiro atoms. The molecule has 0 bridgehead atoms. The molecule has 2 nitrogen and oxygen atoms in total. The van der Waals surface area contributed by atoms with E-state index in [4.69, 9.17) is 11.5 Å². The van der Waals surface area contributed by atoms with Crippen molar-refractivity contribution in [3.8, 4) is 0 Å². The Hall–Kier alpha value is -1.44. The van der Waals surface area contributed by atoms with Crippen molar-refractivity contribution in [1.82, 2.24) is 0 Å². The second-order valence-corrected chi connectivity index (χ2v) is 3.42. The summed E-state index contributed by atoms with van der Waals surface area (Å²) in [6, 6.07) is 5.74. The Bertz CT molecular complexity index is 316. The van der Waals surface area contributed by atoms with Crippen molar-refractivity contribution in [2.75, 3.05) is 11.5 Å². The standard InChI is InChI=1S/C12H18N2/c1-2-3-4-5-6-10-7-8-11(13)9-12(10)14/h2-3,7-9H,4-6,13-14H2,1H3. The topological polar surface area (TPSA) is 52.0 Å². The van der Waals surface area contributed by atoms with E-state index in [1.165, 1.54) is 5.56 Å². The summed E-state index contributed by atoms with van der Waals surface area (Å²) in [5.41, 5.74) is 14.2. The number of nitrogens with two attached hydrogens (primary N) is 2. The molecule has 0 amide bonds. The van der Waals surface area contributed by atoms with E-state index in [-0.39, 0.29) is 0 Å². The first-order chi connectivity index (χ1) is 6.74. The number of benzene rings is 1. The fraction of sp³-hybridized carbons (Fsp3) is 0.333. The molecule has 0 fully saturated rings. The Morgan fingerprint density at radius 3 is 2.71 bits per heavy atom. The lowest BCUT2D eigenvalue weighted by atomic mass is 10.1. The summed E-state index contributed by atoms with van der Waals surface area (Å²) in [5.74, 6) is 0. The second kappa shape index (κ2) is 5.32. The molecule has 0 aliphatic heterocycles. The molecule has 0 saturated heterocycles. The average Bonchev–Trinajstić information content (AvgIpc) is 2.15. The van der Waals surface area contributed by atoms with Crippen molar-refractivity contribution in [2.24, 2.45) is 0 Å². The van der Waals surface area contributed by atoms with Gasteiger partial charge in [0.25, 0.3) is 0 Å². The summed E-state index contributed by atoms with van der Waals surface area (Å²) in [6.45, 7) is 2.04. The average molecular weight is 190 g/mol. The maximum absolute atomic E-state index is 5.84. The van der Waals surface area contributed by atoms with Crippen LogP contribution in [-0.2, 0) is 6.42 Å². The number of nitrogen functional groups attached to an aromatic ring is 2. The summed E-state index contributed by atoms with van der Waals surface area (Å²) in [6.07, 6.45) is 7.52. The van der Waals surface area contributed by atoms with Crippen molar-refractivity contribution < 1.29 is 0 Å². The predicted molar refractivity (Wildman–Crippen MR) is 63.0 cm³/mol. The van der Waals surface area contributed by atoms with Crippen LogP contribution in [0.15, 0.2) is 30.4 Å². The Morgan fingerprint density at radius 1 is 1.29 bits per heavy atom.